The van der Waals surface area contributed by atoms with Crippen molar-refractivity contribution in [3.05, 3.63) is 67.0 Å². The van der Waals surface area contributed by atoms with E-state index in [2.05, 4.69) is 39.2 Å². The first kappa shape index (κ1) is 21.3. The highest BCUT2D eigenvalue weighted by Gasteiger charge is 2.16. The van der Waals surface area contributed by atoms with Crippen LogP contribution in [-0.4, -0.2) is 31.4 Å². The predicted molar refractivity (Wildman–Crippen MR) is 125 cm³/mol. The van der Waals surface area contributed by atoms with Gasteiger partial charge in [0.05, 0.1) is 5.75 Å². The predicted octanol–water partition coefficient (Wildman–Crippen LogP) is 5.30. The molecule has 1 aliphatic carbocycles. The molecule has 4 rings (SSSR count). The van der Waals surface area contributed by atoms with Gasteiger partial charge in [0.2, 0.25) is 5.91 Å². The molecule has 160 valence electrons. The number of carbonyl (C=O) groups is 1. The summed E-state index contributed by atoms with van der Waals surface area (Å²) in [4.78, 5) is 16.5. The molecular weight excluding hydrogens is 406 g/mol. The van der Waals surface area contributed by atoms with Gasteiger partial charge in [-0.05, 0) is 48.6 Å². The van der Waals surface area contributed by atoms with Gasteiger partial charge in [0, 0.05) is 30.2 Å². The maximum Gasteiger partial charge on any atom is 0.234 e. The van der Waals surface area contributed by atoms with E-state index in [-0.39, 0.29) is 11.7 Å². The average Bonchev–Trinajstić information content (AvgIpc) is 3.22. The van der Waals surface area contributed by atoms with Crippen molar-refractivity contribution in [3.8, 4) is 11.4 Å². The SMILES string of the molecule is C=CCn1c(SCC(=O)Nc2ccc(C3CCCCC3)cc2)nnc1-c1ccncc1. The van der Waals surface area contributed by atoms with E-state index in [1.54, 1.807) is 18.5 Å². The normalized spacial score (nSPS) is 14.3. The lowest BCUT2D eigenvalue weighted by Gasteiger charge is -2.22. The van der Waals surface area contributed by atoms with E-state index in [9.17, 15) is 4.79 Å². The summed E-state index contributed by atoms with van der Waals surface area (Å²) >= 11 is 1.37. The Morgan fingerprint density at radius 3 is 2.55 bits per heavy atom. The summed E-state index contributed by atoms with van der Waals surface area (Å²) in [5.74, 6) is 1.60. The Kier molecular flexibility index (Phi) is 7.14. The Bertz CT molecular complexity index is 1010. The van der Waals surface area contributed by atoms with Crippen molar-refractivity contribution in [2.75, 3.05) is 11.1 Å². The molecule has 1 aromatic carbocycles. The number of allylic oxidation sites excluding steroid dienone is 1. The third-order valence-electron chi connectivity index (χ3n) is 5.57. The molecule has 0 radical (unpaired) electrons. The molecular formula is C24H27N5OS. The van der Waals surface area contributed by atoms with Crippen LogP contribution in [0.1, 0.15) is 43.6 Å². The van der Waals surface area contributed by atoms with Crippen LogP contribution in [0.2, 0.25) is 0 Å². The second kappa shape index (κ2) is 10.4. The number of nitrogens with zero attached hydrogens (tertiary/aromatic N) is 4. The van der Waals surface area contributed by atoms with Crippen LogP contribution in [0.3, 0.4) is 0 Å². The van der Waals surface area contributed by atoms with Gasteiger partial charge < -0.3 is 5.32 Å². The molecule has 7 heteroatoms. The van der Waals surface area contributed by atoms with Crippen LogP contribution in [0, 0.1) is 0 Å². The molecule has 2 aromatic heterocycles. The van der Waals surface area contributed by atoms with E-state index in [1.165, 1.54) is 49.4 Å². The van der Waals surface area contributed by atoms with Crippen molar-refractivity contribution < 1.29 is 4.79 Å². The van der Waals surface area contributed by atoms with Gasteiger partial charge in [-0.1, -0.05) is 49.2 Å². The van der Waals surface area contributed by atoms with Crippen molar-refractivity contribution in [3.63, 3.8) is 0 Å². The highest BCUT2D eigenvalue weighted by Crippen LogP contribution is 2.33. The van der Waals surface area contributed by atoms with Crippen molar-refractivity contribution in [1.82, 2.24) is 19.7 Å². The van der Waals surface area contributed by atoms with Gasteiger partial charge in [-0.15, -0.1) is 16.8 Å². The fourth-order valence-corrected chi connectivity index (χ4v) is 4.75. The molecule has 1 amide bonds. The van der Waals surface area contributed by atoms with Crippen molar-refractivity contribution in [1.29, 1.82) is 0 Å². The summed E-state index contributed by atoms with van der Waals surface area (Å²) in [6.45, 7) is 4.39. The van der Waals surface area contributed by atoms with Crippen LogP contribution in [0.4, 0.5) is 5.69 Å². The first-order valence-corrected chi connectivity index (χ1v) is 11.7. The van der Waals surface area contributed by atoms with E-state index in [1.807, 2.05) is 28.8 Å². The Balaban J connectivity index is 1.36. The van der Waals surface area contributed by atoms with Gasteiger partial charge in [-0.25, -0.2) is 0 Å². The molecule has 0 aliphatic heterocycles. The highest BCUT2D eigenvalue weighted by molar-refractivity contribution is 7.99. The molecule has 1 aliphatic rings. The third-order valence-corrected chi connectivity index (χ3v) is 6.54. The summed E-state index contributed by atoms with van der Waals surface area (Å²) in [5.41, 5.74) is 3.14. The fraction of sp³-hybridized carbons (Fsp3) is 0.333. The van der Waals surface area contributed by atoms with Crippen molar-refractivity contribution >= 4 is 23.4 Å². The van der Waals surface area contributed by atoms with Crippen molar-refractivity contribution in [2.45, 2.75) is 49.7 Å². The molecule has 1 saturated carbocycles. The van der Waals surface area contributed by atoms with Crippen molar-refractivity contribution in [2.24, 2.45) is 0 Å². The van der Waals surface area contributed by atoms with Crippen LogP contribution in [-0.2, 0) is 11.3 Å². The third kappa shape index (κ3) is 5.41. The summed E-state index contributed by atoms with van der Waals surface area (Å²) in [7, 11) is 0. The van der Waals surface area contributed by atoms with E-state index >= 15 is 0 Å². The first-order valence-electron chi connectivity index (χ1n) is 10.7. The number of rotatable bonds is 8. The molecule has 3 aromatic rings. The molecule has 0 spiro atoms. The summed E-state index contributed by atoms with van der Waals surface area (Å²) in [6.07, 6.45) is 11.8. The molecule has 1 N–H and O–H groups in total. The molecule has 0 atom stereocenters. The van der Waals surface area contributed by atoms with Gasteiger partial charge in [0.15, 0.2) is 11.0 Å². The topological polar surface area (TPSA) is 72.7 Å². The Hall–Kier alpha value is -2.93. The number of amides is 1. The zero-order valence-electron chi connectivity index (χ0n) is 17.5. The number of anilines is 1. The summed E-state index contributed by atoms with van der Waals surface area (Å²) in [5, 5.41) is 12.3. The fourth-order valence-electron chi connectivity index (χ4n) is 4.01. The number of thioether (sulfide) groups is 1. The zero-order chi connectivity index (χ0) is 21.5. The number of carbonyl (C=O) groups excluding carboxylic acids is 1. The number of hydrogen-bond donors (Lipinski definition) is 1. The quantitative estimate of drug-likeness (QED) is 0.385. The summed E-state index contributed by atoms with van der Waals surface area (Å²) in [6, 6.07) is 12.1. The monoisotopic (exact) mass is 433 g/mol. The minimum Gasteiger partial charge on any atom is -0.325 e. The number of aromatic nitrogens is 4. The minimum absolute atomic E-state index is 0.0611. The molecule has 0 bridgehead atoms. The van der Waals surface area contributed by atoms with Gasteiger partial charge in [0.1, 0.15) is 0 Å². The number of benzene rings is 1. The number of pyridine rings is 1. The molecule has 31 heavy (non-hydrogen) atoms. The lowest BCUT2D eigenvalue weighted by atomic mass is 9.84. The smallest absolute Gasteiger partial charge is 0.234 e. The Morgan fingerprint density at radius 1 is 1.10 bits per heavy atom. The van der Waals surface area contributed by atoms with Gasteiger partial charge in [-0.3, -0.25) is 14.3 Å². The molecule has 1 fully saturated rings. The van der Waals surface area contributed by atoms with E-state index in [4.69, 9.17) is 0 Å². The van der Waals surface area contributed by atoms with E-state index in [0.29, 0.717) is 17.6 Å². The average molecular weight is 434 g/mol. The number of nitrogens with one attached hydrogen (secondary N) is 1. The van der Waals surface area contributed by atoms with Gasteiger partial charge >= 0.3 is 0 Å². The van der Waals surface area contributed by atoms with Gasteiger partial charge in [0.25, 0.3) is 0 Å². The largest absolute Gasteiger partial charge is 0.325 e. The maximum absolute atomic E-state index is 12.5. The second-order valence-corrected chi connectivity index (χ2v) is 8.68. The highest BCUT2D eigenvalue weighted by atomic mass is 32.2. The lowest BCUT2D eigenvalue weighted by Crippen LogP contribution is -2.15. The number of hydrogen-bond acceptors (Lipinski definition) is 5. The molecule has 0 saturated heterocycles. The lowest BCUT2D eigenvalue weighted by molar-refractivity contribution is -0.113. The summed E-state index contributed by atoms with van der Waals surface area (Å²) < 4.78 is 1.96. The van der Waals surface area contributed by atoms with Crippen LogP contribution in [0.15, 0.2) is 66.6 Å². The van der Waals surface area contributed by atoms with Crippen LogP contribution >= 0.6 is 11.8 Å². The van der Waals surface area contributed by atoms with E-state index < -0.39 is 0 Å². The minimum atomic E-state index is -0.0611. The Labute approximate surface area is 187 Å². The zero-order valence-corrected chi connectivity index (χ0v) is 18.4. The standard InChI is InChI=1S/C24H27N5OS/c1-2-16-29-23(20-12-14-25-15-13-20)27-28-24(29)31-17-22(30)26-21-10-8-19(9-11-21)18-6-4-3-5-7-18/h2,8-15,18H,1,3-7,16-17H2,(H,26,30). The van der Waals surface area contributed by atoms with Crippen LogP contribution in [0.5, 0.6) is 0 Å². The molecule has 0 unspecified atom stereocenters. The Morgan fingerprint density at radius 2 is 1.84 bits per heavy atom. The second-order valence-electron chi connectivity index (χ2n) is 7.74. The van der Waals surface area contributed by atoms with E-state index in [0.717, 1.165) is 17.1 Å². The van der Waals surface area contributed by atoms with Crippen LogP contribution < -0.4 is 5.32 Å². The molecule has 6 nitrogen and oxygen atoms in total. The van der Waals surface area contributed by atoms with Crippen LogP contribution in [0.25, 0.3) is 11.4 Å². The van der Waals surface area contributed by atoms with Gasteiger partial charge in [-0.2, -0.15) is 0 Å². The first-order chi connectivity index (χ1) is 15.2. The maximum atomic E-state index is 12.5. The molecule has 2 heterocycles.